The second kappa shape index (κ2) is 16.9. The van der Waals surface area contributed by atoms with Crippen LogP contribution in [0.4, 0.5) is 0 Å². The minimum absolute atomic E-state index is 0.970. The molecule has 0 aliphatic carbocycles. The summed E-state index contributed by atoms with van der Waals surface area (Å²) in [6.07, 6.45) is 7.16. The van der Waals surface area contributed by atoms with Crippen LogP contribution < -0.4 is 0 Å². The maximum atomic E-state index is 4.46. The van der Waals surface area contributed by atoms with E-state index in [-0.39, 0.29) is 0 Å². The maximum absolute atomic E-state index is 4.46. The Morgan fingerprint density at radius 2 is 1.45 bits per heavy atom. The van der Waals surface area contributed by atoms with E-state index in [9.17, 15) is 0 Å². The Labute approximate surface area is 189 Å². The first-order chi connectivity index (χ1) is 15.2. The number of nitrogens with zero attached hydrogens (tertiary/aromatic N) is 4. The SMILES string of the molecule is CC.CCN(CCc1ccccc1)N=C(C)C.c1ccc(CCCn2cccn2)cc1. The van der Waals surface area contributed by atoms with E-state index < -0.39 is 0 Å². The Kier molecular flexibility index (Phi) is 14.2. The molecule has 0 aliphatic heterocycles. The van der Waals surface area contributed by atoms with E-state index in [0.717, 1.165) is 44.6 Å². The highest BCUT2D eigenvalue weighted by molar-refractivity contribution is 5.78. The van der Waals surface area contributed by atoms with Crippen LogP contribution in [-0.4, -0.2) is 33.6 Å². The van der Waals surface area contributed by atoms with Crippen molar-refractivity contribution in [2.75, 3.05) is 13.1 Å². The van der Waals surface area contributed by atoms with Crippen molar-refractivity contribution in [3.8, 4) is 0 Å². The molecule has 0 spiro atoms. The topological polar surface area (TPSA) is 33.4 Å². The number of aryl methyl sites for hydroxylation is 2. The molecule has 0 saturated carbocycles. The molecule has 0 unspecified atom stereocenters. The summed E-state index contributed by atoms with van der Waals surface area (Å²) < 4.78 is 1.98. The normalized spacial score (nSPS) is 9.58. The lowest BCUT2D eigenvalue weighted by Crippen LogP contribution is -2.21. The molecule has 2 aromatic carbocycles. The summed E-state index contributed by atoms with van der Waals surface area (Å²) in [7, 11) is 0. The Hall–Kier alpha value is -2.88. The van der Waals surface area contributed by atoms with Gasteiger partial charge in [-0.15, -0.1) is 0 Å². The van der Waals surface area contributed by atoms with Gasteiger partial charge >= 0.3 is 0 Å². The van der Waals surface area contributed by atoms with Crippen molar-refractivity contribution in [2.24, 2.45) is 5.10 Å². The van der Waals surface area contributed by atoms with Crippen LogP contribution in [0.2, 0.25) is 0 Å². The van der Waals surface area contributed by atoms with Crippen LogP contribution in [0.1, 0.15) is 52.2 Å². The van der Waals surface area contributed by atoms with Gasteiger partial charge in [-0.05, 0) is 57.2 Å². The second-order valence-electron chi connectivity index (χ2n) is 7.19. The smallest absolute Gasteiger partial charge is 0.0489 e. The molecule has 0 atom stereocenters. The lowest BCUT2D eigenvalue weighted by Gasteiger charge is -2.17. The molecule has 4 nitrogen and oxygen atoms in total. The van der Waals surface area contributed by atoms with Gasteiger partial charge in [-0.1, -0.05) is 74.5 Å². The van der Waals surface area contributed by atoms with E-state index in [1.807, 2.05) is 50.8 Å². The van der Waals surface area contributed by atoms with Gasteiger partial charge in [0, 0.05) is 37.7 Å². The van der Waals surface area contributed by atoms with E-state index in [0.29, 0.717) is 0 Å². The van der Waals surface area contributed by atoms with Crippen molar-refractivity contribution < 1.29 is 0 Å². The number of rotatable bonds is 9. The fraction of sp³-hybridized carbons (Fsp3) is 0.407. The van der Waals surface area contributed by atoms with Crippen LogP contribution in [0.25, 0.3) is 0 Å². The third-order valence-corrected chi connectivity index (χ3v) is 4.46. The molecule has 31 heavy (non-hydrogen) atoms. The van der Waals surface area contributed by atoms with Crippen molar-refractivity contribution >= 4 is 5.71 Å². The third-order valence-electron chi connectivity index (χ3n) is 4.46. The highest BCUT2D eigenvalue weighted by Crippen LogP contribution is 2.03. The van der Waals surface area contributed by atoms with Gasteiger partial charge < -0.3 is 0 Å². The molecule has 0 radical (unpaired) electrons. The highest BCUT2D eigenvalue weighted by atomic mass is 15.4. The van der Waals surface area contributed by atoms with Crippen LogP contribution >= 0.6 is 0 Å². The molecule has 0 bridgehead atoms. The zero-order chi connectivity index (χ0) is 22.7. The van der Waals surface area contributed by atoms with Crippen LogP contribution in [0, 0.1) is 0 Å². The minimum atomic E-state index is 0.970. The molecule has 0 amide bonds. The van der Waals surface area contributed by atoms with E-state index >= 15 is 0 Å². The van der Waals surface area contributed by atoms with Gasteiger partial charge in [-0.3, -0.25) is 9.69 Å². The number of aromatic nitrogens is 2. The fourth-order valence-corrected chi connectivity index (χ4v) is 2.99. The Balaban J connectivity index is 0.000000287. The van der Waals surface area contributed by atoms with Crippen molar-refractivity contribution in [1.29, 1.82) is 0 Å². The number of hydrogen-bond acceptors (Lipinski definition) is 3. The Morgan fingerprint density at radius 1 is 0.871 bits per heavy atom. The van der Waals surface area contributed by atoms with Crippen molar-refractivity contribution in [3.63, 3.8) is 0 Å². The lowest BCUT2D eigenvalue weighted by molar-refractivity contribution is 0.307. The van der Waals surface area contributed by atoms with E-state index in [1.165, 1.54) is 11.1 Å². The van der Waals surface area contributed by atoms with Crippen LogP contribution in [0.15, 0.2) is 84.2 Å². The van der Waals surface area contributed by atoms with E-state index in [4.69, 9.17) is 0 Å². The molecule has 1 heterocycles. The molecule has 3 rings (SSSR count). The molecular weight excluding hydrogens is 380 g/mol. The summed E-state index contributed by atoms with van der Waals surface area (Å²) in [5, 5.41) is 10.7. The zero-order valence-corrected chi connectivity index (χ0v) is 20.0. The molecule has 0 saturated heterocycles. The fourth-order valence-electron chi connectivity index (χ4n) is 2.99. The Bertz CT molecular complexity index is 792. The first-order valence-electron chi connectivity index (χ1n) is 11.5. The van der Waals surface area contributed by atoms with Gasteiger partial charge in [-0.25, -0.2) is 0 Å². The first kappa shape index (κ1) is 26.2. The van der Waals surface area contributed by atoms with Gasteiger partial charge in [0.25, 0.3) is 0 Å². The standard InChI is InChI=1S/C13H20N2.C12H14N2.C2H6/c1-4-15(14-12(2)3)11-10-13-8-6-5-7-9-13;1-2-6-12(7-3-1)8-4-10-14-11-5-9-13-14;1-2/h5-9H,4,10-11H2,1-3H3;1-3,5-7,9,11H,4,8,10H2;1-2H3. The molecule has 0 fully saturated rings. The molecule has 1 aromatic heterocycles. The summed E-state index contributed by atoms with van der Waals surface area (Å²) in [6.45, 7) is 13.2. The number of benzene rings is 2. The average Bonchev–Trinajstić information content (AvgIpc) is 3.33. The average molecular weight is 421 g/mol. The van der Waals surface area contributed by atoms with Gasteiger partial charge in [-0.2, -0.15) is 10.2 Å². The van der Waals surface area contributed by atoms with Gasteiger partial charge in [0.15, 0.2) is 0 Å². The van der Waals surface area contributed by atoms with Gasteiger partial charge in [0.2, 0.25) is 0 Å². The number of hydrazone groups is 1. The van der Waals surface area contributed by atoms with E-state index in [1.54, 1.807) is 0 Å². The molecule has 0 aliphatic rings. The van der Waals surface area contributed by atoms with Gasteiger partial charge in [0.1, 0.15) is 0 Å². The zero-order valence-electron chi connectivity index (χ0n) is 20.0. The number of likely N-dealkylation sites (N-methyl/N-ethyl adjacent to an activating group) is 1. The largest absolute Gasteiger partial charge is 0.297 e. The molecule has 4 heteroatoms. The maximum Gasteiger partial charge on any atom is 0.0489 e. The van der Waals surface area contributed by atoms with Crippen molar-refractivity contribution in [3.05, 3.63) is 90.3 Å². The third kappa shape index (κ3) is 12.4. The van der Waals surface area contributed by atoms with Crippen LogP contribution in [0.5, 0.6) is 0 Å². The molecule has 3 aromatic rings. The van der Waals surface area contributed by atoms with Crippen LogP contribution in [-0.2, 0) is 19.4 Å². The summed E-state index contributed by atoms with van der Waals surface area (Å²) in [5.41, 5.74) is 3.89. The second-order valence-corrected chi connectivity index (χ2v) is 7.19. The van der Waals surface area contributed by atoms with Crippen molar-refractivity contribution in [2.45, 2.75) is 60.4 Å². The predicted octanol–water partition coefficient (Wildman–Crippen LogP) is 6.49. The summed E-state index contributed by atoms with van der Waals surface area (Å²) in [4.78, 5) is 0. The van der Waals surface area contributed by atoms with Crippen molar-refractivity contribution in [1.82, 2.24) is 14.8 Å². The molecule has 0 N–H and O–H groups in total. The number of hydrogen-bond donors (Lipinski definition) is 0. The monoisotopic (exact) mass is 420 g/mol. The summed E-state index contributed by atoms with van der Waals surface area (Å²) in [5.74, 6) is 0. The minimum Gasteiger partial charge on any atom is -0.297 e. The molecule has 168 valence electrons. The first-order valence-corrected chi connectivity index (χ1v) is 11.5. The summed E-state index contributed by atoms with van der Waals surface area (Å²) in [6, 6.07) is 23.1. The quantitative estimate of drug-likeness (QED) is 0.293. The lowest BCUT2D eigenvalue weighted by atomic mass is 10.1. The summed E-state index contributed by atoms with van der Waals surface area (Å²) >= 11 is 0. The van der Waals surface area contributed by atoms with Gasteiger partial charge in [0.05, 0.1) is 0 Å². The highest BCUT2D eigenvalue weighted by Gasteiger charge is 1.98. The van der Waals surface area contributed by atoms with Crippen LogP contribution in [0.3, 0.4) is 0 Å². The molecular formula is C27H40N4. The predicted molar refractivity (Wildman–Crippen MR) is 135 cm³/mol. The van der Waals surface area contributed by atoms with E-state index in [2.05, 4.69) is 82.8 Å². The Morgan fingerprint density at radius 3 is 1.94 bits per heavy atom.